The Bertz CT molecular complexity index is 1030. The first-order valence-corrected chi connectivity index (χ1v) is 9.41. The largest absolute Gasteiger partial charge is 0.495 e. The van der Waals surface area contributed by atoms with Crippen LogP contribution in [0.3, 0.4) is 0 Å². The molecule has 0 saturated heterocycles. The van der Waals surface area contributed by atoms with Gasteiger partial charge in [0.05, 0.1) is 23.4 Å². The molecule has 29 heavy (non-hydrogen) atoms. The second-order valence-electron chi connectivity index (χ2n) is 5.57. The number of carbonyl (C=O) groups is 3. The maximum absolute atomic E-state index is 12.1. The number of benzene rings is 1. The van der Waals surface area contributed by atoms with E-state index in [-0.39, 0.29) is 10.6 Å². The Morgan fingerprint density at radius 2 is 1.97 bits per heavy atom. The lowest BCUT2D eigenvalue weighted by Crippen LogP contribution is -2.20. The van der Waals surface area contributed by atoms with Gasteiger partial charge < -0.3 is 24.5 Å². The number of amides is 2. The Labute approximate surface area is 174 Å². The molecule has 0 fully saturated rings. The lowest BCUT2D eigenvalue weighted by atomic mass is 10.3. The van der Waals surface area contributed by atoms with Crippen LogP contribution in [-0.2, 0) is 9.53 Å². The van der Waals surface area contributed by atoms with Crippen LogP contribution in [0.25, 0.3) is 0 Å². The van der Waals surface area contributed by atoms with Crippen molar-refractivity contribution in [1.29, 1.82) is 0 Å². The smallest absolute Gasteiger partial charge is 0.348 e. The third kappa shape index (κ3) is 5.37. The van der Waals surface area contributed by atoms with E-state index in [1.807, 2.05) is 0 Å². The molecule has 0 aliphatic heterocycles. The Kier molecular flexibility index (Phi) is 6.53. The molecule has 0 atom stereocenters. The number of carbonyl (C=O) groups excluding carboxylic acids is 3. The summed E-state index contributed by atoms with van der Waals surface area (Å²) in [5.41, 5.74) is 0.441. The van der Waals surface area contributed by atoms with Gasteiger partial charge in [0.2, 0.25) is 0 Å². The van der Waals surface area contributed by atoms with Gasteiger partial charge in [0.15, 0.2) is 12.4 Å². The van der Waals surface area contributed by atoms with Gasteiger partial charge in [0.25, 0.3) is 11.8 Å². The second kappa shape index (κ2) is 9.26. The summed E-state index contributed by atoms with van der Waals surface area (Å²) in [6, 6.07) is 10.9. The Hall–Kier alpha value is -3.30. The van der Waals surface area contributed by atoms with Crippen LogP contribution >= 0.6 is 22.9 Å². The van der Waals surface area contributed by atoms with Crippen LogP contribution in [0.1, 0.15) is 20.2 Å². The number of halogens is 1. The van der Waals surface area contributed by atoms with E-state index in [1.165, 1.54) is 31.6 Å². The van der Waals surface area contributed by atoms with E-state index < -0.39 is 24.4 Å². The first-order valence-electron chi connectivity index (χ1n) is 8.21. The van der Waals surface area contributed by atoms with Crippen molar-refractivity contribution in [3.63, 3.8) is 0 Å². The van der Waals surface area contributed by atoms with E-state index >= 15 is 0 Å². The van der Waals surface area contributed by atoms with Gasteiger partial charge in [-0.3, -0.25) is 9.59 Å². The number of esters is 1. The molecule has 2 aromatic heterocycles. The minimum Gasteiger partial charge on any atom is -0.495 e. The van der Waals surface area contributed by atoms with Gasteiger partial charge in [-0.05, 0) is 42.5 Å². The van der Waals surface area contributed by atoms with Crippen molar-refractivity contribution >= 4 is 51.4 Å². The van der Waals surface area contributed by atoms with Crippen LogP contribution in [-0.4, -0.2) is 31.5 Å². The topological polar surface area (TPSA) is 107 Å². The van der Waals surface area contributed by atoms with Crippen molar-refractivity contribution in [1.82, 2.24) is 0 Å². The zero-order chi connectivity index (χ0) is 20.8. The molecule has 0 bridgehead atoms. The minimum atomic E-state index is -0.684. The summed E-state index contributed by atoms with van der Waals surface area (Å²) in [6.45, 7) is -0.478. The molecule has 0 saturated carbocycles. The van der Waals surface area contributed by atoms with Crippen LogP contribution < -0.4 is 15.4 Å². The summed E-state index contributed by atoms with van der Waals surface area (Å²) in [4.78, 5) is 36.2. The summed E-state index contributed by atoms with van der Waals surface area (Å²) in [5.74, 6) is -1.02. The highest BCUT2D eigenvalue weighted by Crippen LogP contribution is 2.27. The quantitative estimate of drug-likeness (QED) is 0.543. The molecule has 2 heterocycles. The molecule has 0 aliphatic carbocycles. The molecular weight excluding hydrogens is 420 g/mol. The maximum atomic E-state index is 12.1. The molecule has 0 unspecified atom stereocenters. The van der Waals surface area contributed by atoms with E-state index in [9.17, 15) is 14.4 Å². The minimum absolute atomic E-state index is 0.151. The normalized spacial score (nSPS) is 10.3. The molecular formula is C19H15ClN2O6S. The zero-order valence-electron chi connectivity index (χ0n) is 15.1. The number of furan rings is 1. The summed E-state index contributed by atoms with van der Waals surface area (Å²) in [7, 11) is 1.48. The zero-order valence-corrected chi connectivity index (χ0v) is 16.6. The number of hydrogen-bond donors (Lipinski definition) is 2. The van der Waals surface area contributed by atoms with Crippen molar-refractivity contribution in [2.45, 2.75) is 0 Å². The number of thiophene rings is 1. The number of rotatable bonds is 7. The van der Waals surface area contributed by atoms with Crippen molar-refractivity contribution in [3.8, 4) is 5.75 Å². The third-order valence-corrected chi connectivity index (χ3v) is 4.83. The second-order valence-corrected chi connectivity index (χ2v) is 7.06. The van der Waals surface area contributed by atoms with Crippen LogP contribution in [0.2, 0.25) is 5.02 Å². The van der Waals surface area contributed by atoms with Crippen molar-refractivity contribution in [2.75, 3.05) is 24.4 Å². The molecule has 0 radical (unpaired) electrons. The standard InChI is InChI=1S/C19H15ClN2O6S/c1-26-13-5-4-11(9-12(13)20)21-16(23)10-28-19(25)15-6-7-17(29-15)22-18(24)14-3-2-8-27-14/h2-9H,10H2,1H3,(H,21,23)(H,22,24). The first-order chi connectivity index (χ1) is 14.0. The van der Waals surface area contributed by atoms with Gasteiger partial charge in [-0.2, -0.15) is 0 Å². The number of anilines is 2. The first kappa shape index (κ1) is 20.4. The summed E-state index contributed by atoms with van der Waals surface area (Å²) < 4.78 is 15.0. The molecule has 150 valence electrons. The average Bonchev–Trinajstić information content (AvgIpc) is 3.38. The highest BCUT2D eigenvalue weighted by molar-refractivity contribution is 7.18. The average molecular weight is 435 g/mol. The molecule has 0 spiro atoms. The van der Waals surface area contributed by atoms with E-state index in [2.05, 4.69) is 10.6 Å². The fourth-order valence-corrected chi connectivity index (χ4v) is 3.29. The molecule has 3 rings (SSSR count). The van der Waals surface area contributed by atoms with Gasteiger partial charge in [0, 0.05) is 5.69 Å². The van der Waals surface area contributed by atoms with Crippen LogP contribution in [0.5, 0.6) is 5.75 Å². The van der Waals surface area contributed by atoms with Crippen molar-refractivity contribution < 1.29 is 28.3 Å². The fourth-order valence-electron chi connectivity index (χ4n) is 2.24. The molecule has 3 aromatic rings. The van der Waals surface area contributed by atoms with E-state index in [1.54, 1.807) is 24.3 Å². The molecule has 0 aliphatic rings. The van der Waals surface area contributed by atoms with Crippen molar-refractivity contribution in [2.24, 2.45) is 0 Å². The third-order valence-electron chi connectivity index (χ3n) is 3.56. The van der Waals surface area contributed by atoms with Crippen molar-refractivity contribution in [3.05, 3.63) is 64.4 Å². The van der Waals surface area contributed by atoms with Gasteiger partial charge >= 0.3 is 5.97 Å². The van der Waals surface area contributed by atoms with Crippen LogP contribution in [0, 0.1) is 0 Å². The molecule has 10 heteroatoms. The molecule has 2 amide bonds. The predicted octanol–water partition coefficient (Wildman–Crippen LogP) is 4.05. The number of hydrogen-bond acceptors (Lipinski definition) is 7. The predicted molar refractivity (Wildman–Crippen MR) is 108 cm³/mol. The lowest BCUT2D eigenvalue weighted by Gasteiger charge is -2.08. The SMILES string of the molecule is COc1ccc(NC(=O)COC(=O)c2ccc(NC(=O)c3ccco3)s2)cc1Cl. The Morgan fingerprint density at radius 3 is 2.66 bits per heavy atom. The molecule has 2 N–H and O–H groups in total. The lowest BCUT2D eigenvalue weighted by molar-refractivity contribution is -0.119. The van der Waals surface area contributed by atoms with E-state index in [0.29, 0.717) is 21.5 Å². The molecule has 1 aromatic carbocycles. The number of methoxy groups -OCH3 is 1. The number of ether oxygens (including phenoxy) is 2. The Balaban J connectivity index is 1.50. The summed E-state index contributed by atoms with van der Waals surface area (Å²) in [5, 5.41) is 5.95. The summed E-state index contributed by atoms with van der Waals surface area (Å²) in [6.07, 6.45) is 1.39. The molecule has 8 nitrogen and oxygen atoms in total. The number of nitrogens with one attached hydrogen (secondary N) is 2. The van der Waals surface area contributed by atoms with E-state index in [4.69, 9.17) is 25.5 Å². The highest BCUT2D eigenvalue weighted by Gasteiger charge is 2.16. The maximum Gasteiger partial charge on any atom is 0.348 e. The van der Waals surface area contributed by atoms with Crippen LogP contribution in [0.15, 0.2) is 53.1 Å². The van der Waals surface area contributed by atoms with Gasteiger partial charge in [-0.1, -0.05) is 11.6 Å². The monoisotopic (exact) mass is 434 g/mol. The Morgan fingerprint density at radius 1 is 1.14 bits per heavy atom. The van der Waals surface area contributed by atoms with Crippen LogP contribution in [0.4, 0.5) is 10.7 Å². The van der Waals surface area contributed by atoms with Gasteiger partial charge in [-0.25, -0.2) is 4.79 Å². The fraction of sp³-hybridized carbons (Fsp3) is 0.105. The van der Waals surface area contributed by atoms with Gasteiger partial charge in [0.1, 0.15) is 10.6 Å². The van der Waals surface area contributed by atoms with E-state index in [0.717, 1.165) is 11.3 Å². The highest BCUT2D eigenvalue weighted by atomic mass is 35.5. The van der Waals surface area contributed by atoms with Gasteiger partial charge in [-0.15, -0.1) is 11.3 Å². The summed E-state index contributed by atoms with van der Waals surface area (Å²) >= 11 is 7.01.